The van der Waals surface area contributed by atoms with Gasteiger partial charge in [0.25, 0.3) is 5.91 Å². The minimum atomic E-state index is -0.976. The normalized spacial score (nSPS) is 22.6. The topological polar surface area (TPSA) is 92.2 Å². The fourth-order valence-corrected chi connectivity index (χ4v) is 5.43. The number of hydrazine groups is 1. The van der Waals surface area contributed by atoms with E-state index in [2.05, 4.69) is 11.8 Å². The molecule has 3 aromatic rings. The standard InChI is InChI=1S/C24H28FN7O2/c1-15-14-31-21(27-23(15)29-9-4-5-10-29)13-18(28-31)20-6-2-3-11-30(20)24(33)22-17-12-16(25)7-8-19(17)32(26)34-22/h7-8,12-14,20,22H,2-6,9-11,26H2,1H3/t20-,22?/m0/s1. The number of aryl methyl sites for hydroxylation is 1. The molecule has 3 aliphatic rings. The Morgan fingerprint density at radius 2 is 1.94 bits per heavy atom. The van der Waals surface area contributed by atoms with Gasteiger partial charge in [0.1, 0.15) is 11.6 Å². The number of nitrogens with two attached hydrogens (primary N) is 1. The zero-order valence-electron chi connectivity index (χ0n) is 19.2. The molecule has 0 bridgehead atoms. The van der Waals surface area contributed by atoms with Crippen molar-refractivity contribution in [1.82, 2.24) is 19.5 Å². The van der Waals surface area contributed by atoms with Crippen LogP contribution in [0.25, 0.3) is 5.65 Å². The number of aromatic nitrogens is 3. The van der Waals surface area contributed by atoms with Gasteiger partial charge in [0, 0.05) is 43.0 Å². The zero-order valence-corrected chi connectivity index (χ0v) is 19.2. The van der Waals surface area contributed by atoms with Crippen LogP contribution in [0.15, 0.2) is 30.5 Å². The average molecular weight is 466 g/mol. The molecule has 1 aromatic carbocycles. The highest BCUT2D eigenvalue weighted by molar-refractivity contribution is 5.86. The molecule has 3 aliphatic heterocycles. The number of carbonyl (C=O) groups excluding carboxylic acids is 1. The van der Waals surface area contributed by atoms with Crippen LogP contribution in [0, 0.1) is 12.7 Å². The summed E-state index contributed by atoms with van der Waals surface area (Å²) in [5.41, 5.74) is 3.61. The fourth-order valence-electron chi connectivity index (χ4n) is 5.43. The Morgan fingerprint density at radius 1 is 1.15 bits per heavy atom. The van der Waals surface area contributed by atoms with Crippen molar-refractivity contribution in [3.8, 4) is 0 Å². The first-order chi connectivity index (χ1) is 16.5. The molecule has 2 fully saturated rings. The summed E-state index contributed by atoms with van der Waals surface area (Å²) in [5.74, 6) is 6.27. The molecule has 0 aliphatic carbocycles. The molecular weight excluding hydrogens is 437 g/mol. The monoisotopic (exact) mass is 465 g/mol. The van der Waals surface area contributed by atoms with E-state index in [-0.39, 0.29) is 11.9 Å². The maximum absolute atomic E-state index is 13.9. The molecule has 9 nitrogen and oxygen atoms in total. The number of nitrogens with zero attached hydrogens (tertiary/aromatic N) is 6. The van der Waals surface area contributed by atoms with Crippen LogP contribution >= 0.6 is 0 Å². The van der Waals surface area contributed by atoms with Crippen molar-refractivity contribution >= 4 is 23.1 Å². The molecule has 1 amide bonds. The van der Waals surface area contributed by atoms with Gasteiger partial charge in [-0.25, -0.2) is 24.6 Å². The van der Waals surface area contributed by atoms with Gasteiger partial charge in [-0.3, -0.25) is 4.79 Å². The van der Waals surface area contributed by atoms with Crippen molar-refractivity contribution in [2.75, 3.05) is 29.7 Å². The van der Waals surface area contributed by atoms with E-state index in [9.17, 15) is 9.18 Å². The van der Waals surface area contributed by atoms with Crippen LogP contribution in [-0.2, 0) is 9.63 Å². The Balaban J connectivity index is 1.32. The predicted molar refractivity (Wildman–Crippen MR) is 124 cm³/mol. The second-order valence-electron chi connectivity index (χ2n) is 9.37. The van der Waals surface area contributed by atoms with Crippen molar-refractivity contribution < 1.29 is 14.0 Å². The summed E-state index contributed by atoms with van der Waals surface area (Å²) < 4.78 is 15.7. The highest BCUT2D eigenvalue weighted by Crippen LogP contribution is 2.40. The van der Waals surface area contributed by atoms with Crippen molar-refractivity contribution in [2.24, 2.45) is 5.84 Å². The maximum Gasteiger partial charge on any atom is 0.259 e. The number of likely N-dealkylation sites (tertiary alicyclic amines) is 1. The van der Waals surface area contributed by atoms with Gasteiger partial charge < -0.3 is 9.80 Å². The number of fused-ring (bicyclic) bond motifs is 2. The van der Waals surface area contributed by atoms with Gasteiger partial charge in [-0.2, -0.15) is 10.3 Å². The van der Waals surface area contributed by atoms with Crippen LogP contribution in [0.5, 0.6) is 0 Å². The van der Waals surface area contributed by atoms with E-state index in [0.717, 1.165) is 60.2 Å². The summed E-state index contributed by atoms with van der Waals surface area (Å²) in [6, 6.07) is 5.93. The summed E-state index contributed by atoms with van der Waals surface area (Å²) in [5, 5.41) is 5.85. The molecule has 6 rings (SSSR count). The Bertz CT molecular complexity index is 1260. The number of halogens is 1. The summed E-state index contributed by atoms with van der Waals surface area (Å²) >= 11 is 0. The highest BCUT2D eigenvalue weighted by Gasteiger charge is 2.41. The third-order valence-corrected chi connectivity index (χ3v) is 7.11. The van der Waals surface area contributed by atoms with Crippen LogP contribution < -0.4 is 15.9 Å². The van der Waals surface area contributed by atoms with Crippen molar-refractivity contribution in [1.29, 1.82) is 0 Å². The van der Waals surface area contributed by atoms with E-state index in [0.29, 0.717) is 17.8 Å². The molecule has 2 saturated heterocycles. The lowest BCUT2D eigenvalue weighted by molar-refractivity contribution is -0.148. The lowest BCUT2D eigenvalue weighted by atomic mass is 9.97. The quantitative estimate of drug-likeness (QED) is 0.594. The minimum Gasteiger partial charge on any atom is -0.356 e. The van der Waals surface area contributed by atoms with Crippen LogP contribution in [0.1, 0.15) is 61.1 Å². The third-order valence-electron chi connectivity index (χ3n) is 7.11. The number of piperidine rings is 1. The lowest BCUT2D eigenvalue weighted by Crippen LogP contribution is -2.42. The number of hydrogen-bond donors (Lipinski definition) is 1. The summed E-state index contributed by atoms with van der Waals surface area (Å²) in [6.45, 7) is 4.69. The molecule has 34 heavy (non-hydrogen) atoms. The number of benzene rings is 1. The number of amides is 1. The smallest absolute Gasteiger partial charge is 0.259 e. The van der Waals surface area contributed by atoms with Crippen molar-refractivity contribution in [2.45, 2.75) is 51.2 Å². The Morgan fingerprint density at radius 3 is 2.76 bits per heavy atom. The van der Waals surface area contributed by atoms with Gasteiger partial charge in [-0.15, -0.1) is 0 Å². The largest absolute Gasteiger partial charge is 0.356 e. The van der Waals surface area contributed by atoms with Gasteiger partial charge in [0.2, 0.25) is 0 Å². The van der Waals surface area contributed by atoms with Crippen molar-refractivity contribution in [3.63, 3.8) is 0 Å². The molecule has 5 heterocycles. The van der Waals surface area contributed by atoms with Gasteiger partial charge in [0.05, 0.1) is 17.4 Å². The van der Waals surface area contributed by atoms with Gasteiger partial charge in [0.15, 0.2) is 11.8 Å². The van der Waals surface area contributed by atoms with Crippen LogP contribution in [0.2, 0.25) is 0 Å². The number of rotatable bonds is 3. The molecule has 0 spiro atoms. The van der Waals surface area contributed by atoms with Gasteiger partial charge >= 0.3 is 0 Å². The second-order valence-corrected chi connectivity index (χ2v) is 9.37. The molecule has 2 aromatic heterocycles. The van der Waals surface area contributed by atoms with Gasteiger partial charge in [-0.1, -0.05) is 0 Å². The molecule has 1 unspecified atom stereocenters. The van der Waals surface area contributed by atoms with E-state index < -0.39 is 11.9 Å². The molecule has 2 N–H and O–H groups in total. The Labute approximate surface area is 196 Å². The number of carbonyl (C=O) groups is 1. The molecule has 0 radical (unpaired) electrons. The fraction of sp³-hybridized carbons (Fsp3) is 0.458. The molecule has 0 saturated carbocycles. The Hall–Kier alpha value is -3.24. The van der Waals surface area contributed by atoms with E-state index in [4.69, 9.17) is 20.8 Å². The maximum atomic E-state index is 13.9. The second kappa shape index (κ2) is 8.21. The summed E-state index contributed by atoms with van der Waals surface area (Å²) in [4.78, 5) is 28.3. The van der Waals surface area contributed by atoms with Crippen LogP contribution in [0.3, 0.4) is 0 Å². The van der Waals surface area contributed by atoms with Crippen LogP contribution in [0.4, 0.5) is 15.9 Å². The third kappa shape index (κ3) is 3.48. The highest BCUT2D eigenvalue weighted by atomic mass is 19.1. The molecule has 178 valence electrons. The molecular formula is C24H28FN7O2. The summed E-state index contributed by atoms with van der Waals surface area (Å²) in [7, 11) is 0. The summed E-state index contributed by atoms with van der Waals surface area (Å²) in [6.07, 6.45) is 6.09. The first kappa shape index (κ1) is 21.3. The van der Waals surface area contributed by atoms with E-state index in [1.54, 1.807) is 9.42 Å². The number of hydrogen-bond acceptors (Lipinski definition) is 7. The minimum absolute atomic E-state index is 0.203. The van der Waals surface area contributed by atoms with Crippen LogP contribution in [-0.4, -0.2) is 45.0 Å². The molecule has 2 atom stereocenters. The predicted octanol–water partition coefficient (Wildman–Crippen LogP) is 3.20. The first-order valence-electron chi connectivity index (χ1n) is 11.9. The average Bonchev–Trinajstić information content (AvgIpc) is 3.57. The molecule has 10 heteroatoms. The van der Waals surface area contributed by atoms with Gasteiger partial charge in [-0.05, 0) is 57.2 Å². The van der Waals surface area contributed by atoms with E-state index in [1.165, 1.54) is 31.0 Å². The van der Waals surface area contributed by atoms with E-state index >= 15 is 0 Å². The zero-order chi connectivity index (χ0) is 23.4. The first-order valence-corrected chi connectivity index (χ1v) is 11.9. The lowest BCUT2D eigenvalue weighted by Gasteiger charge is -2.36. The Kier molecular flexibility index (Phi) is 5.14. The SMILES string of the molecule is Cc1cn2nc([C@@H]3CCCCN3C(=O)C3ON(N)c4ccc(F)cc43)cc2nc1N1CCCC1. The number of anilines is 2. The van der Waals surface area contributed by atoms with Crippen molar-refractivity contribution in [3.05, 3.63) is 53.1 Å². The van der Waals surface area contributed by atoms with E-state index in [1.807, 2.05) is 12.3 Å².